The van der Waals surface area contributed by atoms with E-state index in [4.69, 9.17) is 11.6 Å². The van der Waals surface area contributed by atoms with Gasteiger partial charge >= 0.3 is 0 Å². The van der Waals surface area contributed by atoms with Crippen LogP contribution in [0.3, 0.4) is 0 Å². The van der Waals surface area contributed by atoms with E-state index < -0.39 is 0 Å². The van der Waals surface area contributed by atoms with Gasteiger partial charge in [-0.25, -0.2) is 0 Å². The van der Waals surface area contributed by atoms with Crippen LogP contribution in [0.15, 0.2) is 69.9 Å². The molecule has 3 aliphatic carbocycles. The Morgan fingerprint density at radius 3 is 2.06 bits per heavy atom. The summed E-state index contributed by atoms with van der Waals surface area (Å²) in [4.78, 5) is 0. The first kappa shape index (κ1) is 9.92. The lowest BCUT2D eigenvalue weighted by Crippen LogP contribution is -1.89. The van der Waals surface area contributed by atoms with Crippen LogP contribution in [-0.4, -0.2) is 0 Å². The van der Waals surface area contributed by atoms with E-state index in [1.165, 1.54) is 22.3 Å². The zero-order valence-electron chi connectivity index (χ0n) is 9.04. The number of allylic oxidation sites excluding steroid dienone is 12. The molecule has 0 nitrogen and oxygen atoms in total. The van der Waals surface area contributed by atoms with Gasteiger partial charge in [-0.3, -0.25) is 0 Å². The SMILES string of the molecule is ClC1=CC=C(C2=CC=C(C3=CC=CC3)C2)C1. The molecule has 0 atom stereocenters. The number of hydrogen-bond donors (Lipinski definition) is 0. The molecule has 0 spiro atoms. The van der Waals surface area contributed by atoms with Gasteiger partial charge in [0.05, 0.1) is 0 Å². The molecule has 1 heteroatoms. The van der Waals surface area contributed by atoms with Crippen LogP contribution in [0.1, 0.15) is 19.3 Å². The van der Waals surface area contributed by atoms with Gasteiger partial charge in [-0.15, -0.1) is 0 Å². The van der Waals surface area contributed by atoms with E-state index in [1.807, 2.05) is 6.08 Å². The van der Waals surface area contributed by atoms with Crippen molar-refractivity contribution in [3.05, 3.63) is 69.9 Å². The van der Waals surface area contributed by atoms with Crippen LogP contribution in [-0.2, 0) is 0 Å². The molecule has 3 rings (SSSR count). The van der Waals surface area contributed by atoms with Gasteiger partial charge in [-0.2, -0.15) is 0 Å². The van der Waals surface area contributed by atoms with Crippen molar-refractivity contribution in [2.45, 2.75) is 19.3 Å². The maximum atomic E-state index is 5.99. The molecule has 0 bridgehead atoms. The Balaban J connectivity index is 1.68. The third-order valence-corrected chi connectivity index (χ3v) is 3.55. The highest BCUT2D eigenvalue weighted by Gasteiger charge is 2.17. The monoisotopic (exact) mass is 228 g/mol. The molecule has 0 aromatic rings. The van der Waals surface area contributed by atoms with Crippen molar-refractivity contribution in [1.29, 1.82) is 0 Å². The van der Waals surface area contributed by atoms with Crippen molar-refractivity contribution in [3.8, 4) is 0 Å². The van der Waals surface area contributed by atoms with E-state index in [-0.39, 0.29) is 0 Å². The quantitative estimate of drug-likeness (QED) is 0.649. The third kappa shape index (κ3) is 1.74. The zero-order chi connectivity index (χ0) is 11.0. The summed E-state index contributed by atoms with van der Waals surface area (Å²) in [6, 6.07) is 0. The van der Waals surface area contributed by atoms with Gasteiger partial charge in [0.1, 0.15) is 0 Å². The van der Waals surface area contributed by atoms with Crippen molar-refractivity contribution >= 4 is 11.6 Å². The van der Waals surface area contributed by atoms with Crippen LogP contribution in [0.4, 0.5) is 0 Å². The van der Waals surface area contributed by atoms with E-state index in [1.54, 1.807) is 0 Å². The predicted molar refractivity (Wildman–Crippen MR) is 69.3 cm³/mol. The minimum Gasteiger partial charge on any atom is -0.0888 e. The van der Waals surface area contributed by atoms with Crippen molar-refractivity contribution in [2.75, 3.05) is 0 Å². The van der Waals surface area contributed by atoms with Crippen molar-refractivity contribution in [1.82, 2.24) is 0 Å². The molecule has 0 saturated heterocycles. The van der Waals surface area contributed by atoms with E-state index in [0.717, 1.165) is 24.3 Å². The molecule has 0 radical (unpaired) electrons. The zero-order valence-corrected chi connectivity index (χ0v) is 9.80. The van der Waals surface area contributed by atoms with Crippen molar-refractivity contribution in [3.63, 3.8) is 0 Å². The molecule has 80 valence electrons. The lowest BCUT2D eigenvalue weighted by molar-refractivity contribution is 1.10. The maximum Gasteiger partial charge on any atom is 0.0225 e. The van der Waals surface area contributed by atoms with Crippen LogP contribution in [0.2, 0.25) is 0 Å². The molecule has 0 amide bonds. The molecule has 0 saturated carbocycles. The van der Waals surface area contributed by atoms with Gasteiger partial charge in [0, 0.05) is 11.5 Å². The predicted octanol–water partition coefficient (Wildman–Crippen LogP) is 4.58. The van der Waals surface area contributed by atoms with Gasteiger partial charge in [0.15, 0.2) is 0 Å². The smallest absolute Gasteiger partial charge is 0.0225 e. The van der Waals surface area contributed by atoms with E-state index in [0.29, 0.717) is 0 Å². The Labute approximate surface area is 101 Å². The Morgan fingerprint density at radius 2 is 1.44 bits per heavy atom. The lowest BCUT2D eigenvalue weighted by atomic mass is 9.98. The number of hydrogen-bond acceptors (Lipinski definition) is 0. The van der Waals surface area contributed by atoms with Gasteiger partial charge in [-0.1, -0.05) is 48.1 Å². The van der Waals surface area contributed by atoms with E-state index in [2.05, 4.69) is 36.5 Å². The normalized spacial score (nSPS) is 22.9. The highest BCUT2D eigenvalue weighted by molar-refractivity contribution is 6.30. The largest absolute Gasteiger partial charge is 0.0888 e. The van der Waals surface area contributed by atoms with Crippen molar-refractivity contribution < 1.29 is 0 Å². The summed E-state index contributed by atoms with van der Waals surface area (Å²) >= 11 is 5.99. The summed E-state index contributed by atoms with van der Waals surface area (Å²) in [7, 11) is 0. The first-order valence-corrected chi connectivity index (χ1v) is 6.02. The summed E-state index contributed by atoms with van der Waals surface area (Å²) in [5.74, 6) is 0. The highest BCUT2D eigenvalue weighted by Crippen LogP contribution is 2.37. The second-order valence-corrected chi connectivity index (χ2v) is 4.85. The van der Waals surface area contributed by atoms with Gasteiger partial charge in [-0.05, 0) is 41.2 Å². The third-order valence-electron chi connectivity index (χ3n) is 3.29. The Kier molecular flexibility index (Phi) is 2.45. The molecule has 0 heterocycles. The molecule has 0 aliphatic heterocycles. The Bertz CT molecular complexity index is 508. The van der Waals surface area contributed by atoms with E-state index >= 15 is 0 Å². The molecule has 16 heavy (non-hydrogen) atoms. The van der Waals surface area contributed by atoms with Crippen molar-refractivity contribution in [2.24, 2.45) is 0 Å². The summed E-state index contributed by atoms with van der Waals surface area (Å²) in [5, 5.41) is 0.950. The second-order valence-electron chi connectivity index (χ2n) is 4.37. The minimum atomic E-state index is 0.909. The summed E-state index contributed by atoms with van der Waals surface area (Å²) in [6.07, 6.45) is 18.3. The number of halogens is 1. The lowest BCUT2D eigenvalue weighted by Gasteiger charge is -2.07. The van der Waals surface area contributed by atoms with E-state index in [9.17, 15) is 0 Å². The van der Waals surface area contributed by atoms with Gasteiger partial charge in [0.2, 0.25) is 0 Å². The molecule has 0 aromatic carbocycles. The molecular weight excluding hydrogens is 216 g/mol. The topological polar surface area (TPSA) is 0 Å². The maximum absolute atomic E-state index is 5.99. The Morgan fingerprint density at radius 1 is 0.750 bits per heavy atom. The average Bonchev–Trinajstić information content (AvgIpc) is 2.97. The molecule has 0 unspecified atom stereocenters. The molecular formula is C15H13Cl. The summed E-state index contributed by atoms with van der Waals surface area (Å²) in [6.45, 7) is 0. The Hall–Kier alpha value is -1.27. The fraction of sp³-hybridized carbons (Fsp3) is 0.200. The fourth-order valence-electron chi connectivity index (χ4n) is 2.36. The average molecular weight is 229 g/mol. The van der Waals surface area contributed by atoms with Crippen LogP contribution < -0.4 is 0 Å². The molecule has 0 fully saturated rings. The standard InChI is InChI=1S/C15H13Cl/c16-15-8-7-14(10-15)13-6-5-12(9-13)11-3-1-2-4-11/h1-3,5-8H,4,9-10H2. The summed E-state index contributed by atoms with van der Waals surface area (Å²) < 4.78 is 0. The minimum absolute atomic E-state index is 0.909. The van der Waals surface area contributed by atoms with Gasteiger partial charge < -0.3 is 0 Å². The highest BCUT2D eigenvalue weighted by atomic mass is 35.5. The molecule has 0 aromatic heterocycles. The van der Waals surface area contributed by atoms with Gasteiger partial charge in [0.25, 0.3) is 0 Å². The molecule has 3 aliphatic rings. The van der Waals surface area contributed by atoms with Crippen LogP contribution in [0.5, 0.6) is 0 Å². The summed E-state index contributed by atoms with van der Waals surface area (Å²) in [5.41, 5.74) is 5.73. The van der Waals surface area contributed by atoms with Crippen LogP contribution in [0, 0.1) is 0 Å². The molecule has 0 N–H and O–H groups in total. The first-order chi connectivity index (χ1) is 7.83. The second kappa shape index (κ2) is 3.95. The fourth-order valence-corrected chi connectivity index (χ4v) is 2.57. The number of rotatable bonds is 2. The first-order valence-electron chi connectivity index (χ1n) is 5.64. The van der Waals surface area contributed by atoms with Crippen LogP contribution in [0.25, 0.3) is 0 Å². The van der Waals surface area contributed by atoms with Crippen LogP contribution >= 0.6 is 11.6 Å².